The van der Waals surface area contributed by atoms with Crippen LogP contribution in [0.3, 0.4) is 0 Å². The van der Waals surface area contributed by atoms with E-state index < -0.39 is 12.1 Å². The highest BCUT2D eigenvalue weighted by Crippen LogP contribution is 2.35. The molecule has 0 spiro atoms. The number of aromatic amines is 1. The Morgan fingerprint density at radius 3 is 2.65 bits per heavy atom. The van der Waals surface area contributed by atoms with Crippen LogP contribution in [0.2, 0.25) is 0 Å². The number of carbonyl (C=O) groups is 2. The third-order valence-corrected chi connectivity index (χ3v) is 4.35. The van der Waals surface area contributed by atoms with Gasteiger partial charge in [0.15, 0.2) is 0 Å². The van der Waals surface area contributed by atoms with Crippen LogP contribution in [0.5, 0.6) is 0 Å². The molecule has 128 valence electrons. The third-order valence-electron chi connectivity index (χ3n) is 4.35. The van der Waals surface area contributed by atoms with Crippen LogP contribution in [-0.4, -0.2) is 46.1 Å². The number of aryl methyl sites for hydroxylation is 1. The van der Waals surface area contributed by atoms with Crippen molar-refractivity contribution < 1.29 is 14.3 Å². The van der Waals surface area contributed by atoms with Gasteiger partial charge in [0.05, 0.1) is 13.2 Å². The van der Waals surface area contributed by atoms with Gasteiger partial charge in [-0.2, -0.15) is 0 Å². The maximum absolute atomic E-state index is 13.1. The molecule has 1 aromatic rings. The Hall–Kier alpha value is -2.05. The van der Waals surface area contributed by atoms with E-state index in [9.17, 15) is 9.59 Å². The largest absolute Gasteiger partial charge is 0.453 e. The van der Waals surface area contributed by atoms with Crippen LogP contribution in [0.1, 0.15) is 51.2 Å². The fourth-order valence-electron chi connectivity index (χ4n) is 3.09. The number of imidazole rings is 1. The van der Waals surface area contributed by atoms with Crippen LogP contribution in [0.15, 0.2) is 6.20 Å². The summed E-state index contributed by atoms with van der Waals surface area (Å²) in [4.78, 5) is 34.1. The smallest absolute Gasteiger partial charge is 0.407 e. The van der Waals surface area contributed by atoms with E-state index in [2.05, 4.69) is 20.0 Å². The number of hydrogen-bond acceptors (Lipinski definition) is 4. The van der Waals surface area contributed by atoms with Crippen LogP contribution in [-0.2, 0) is 9.53 Å². The second kappa shape index (κ2) is 7.02. The molecule has 2 amide bonds. The molecule has 7 nitrogen and oxygen atoms in total. The zero-order valence-corrected chi connectivity index (χ0v) is 14.4. The number of alkyl carbamates (subject to hydrolysis) is 1. The number of H-pyrrole nitrogens is 1. The lowest BCUT2D eigenvalue weighted by Crippen LogP contribution is -2.52. The number of likely N-dealkylation sites (tertiary alicyclic amines) is 1. The number of nitrogens with one attached hydrogen (secondary N) is 2. The SMILES string of the molecule is COC(=O)N[C@H](C(=O)N1[C@@H](C)CC[C@H]1c1ncc(C)[nH]1)C(C)C. The molecule has 0 radical (unpaired) electrons. The maximum atomic E-state index is 13.1. The molecule has 1 aliphatic rings. The van der Waals surface area contributed by atoms with Crippen LogP contribution < -0.4 is 5.32 Å². The summed E-state index contributed by atoms with van der Waals surface area (Å²) < 4.78 is 4.65. The van der Waals surface area contributed by atoms with E-state index in [-0.39, 0.29) is 23.9 Å². The van der Waals surface area contributed by atoms with Gasteiger partial charge in [-0.05, 0) is 32.6 Å². The van der Waals surface area contributed by atoms with E-state index in [1.807, 2.05) is 32.6 Å². The Bertz CT molecular complexity index is 569. The molecular formula is C16H26N4O3. The fourth-order valence-corrected chi connectivity index (χ4v) is 3.09. The number of amides is 2. The van der Waals surface area contributed by atoms with Gasteiger partial charge in [0.25, 0.3) is 0 Å². The van der Waals surface area contributed by atoms with Gasteiger partial charge in [-0.25, -0.2) is 9.78 Å². The van der Waals surface area contributed by atoms with Crippen molar-refractivity contribution >= 4 is 12.0 Å². The number of ether oxygens (including phenoxy) is 1. The molecular weight excluding hydrogens is 296 g/mol. The summed E-state index contributed by atoms with van der Waals surface area (Å²) in [7, 11) is 1.30. The summed E-state index contributed by atoms with van der Waals surface area (Å²) in [5, 5.41) is 2.66. The van der Waals surface area contributed by atoms with E-state index in [0.717, 1.165) is 24.4 Å². The van der Waals surface area contributed by atoms with Gasteiger partial charge in [-0.3, -0.25) is 4.79 Å². The van der Waals surface area contributed by atoms with Gasteiger partial charge in [0.2, 0.25) is 5.91 Å². The molecule has 3 atom stereocenters. The average Bonchev–Trinajstić information content (AvgIpc) is 3.09. The van der Waals surface area contributed by atoms with Crippen molar-refractivity contribution in [1.82, 2.24) is 20.2 Å². The predicted octanol–water partition coefficient (Wildman–Crippen LogP) is 2.15. The van der Waals surface area contributed by atoms with Crippen molar-refractivity contribution in [2.24, 2.45) is 5.92 Å². The zero-order valence-electron chi connectivity index (χ0n) is 14.4. The summed E-state index contributed by atoms with van der Waals surface area (Å²) in [6.45, 7) is 7.79. The first-order valence-electron chi connectivity index (χ1n) is 8.03. The summed E-state index contributed by atoms with van der Waals surface area (Å²) in [6, 6.07) is -0.577. The van der Waals surface area contributed by atoms with E-state index in [1.54, 1.807) is 6.20 Å². The minimum absolute atomic E-state index is 0.0339. The molecule has 0 aliphatic carbocycles. The molecule has 0 bridgehead atoms. The number of hydrogen-bond donors (Lipinski definition) is 2. The Balaban J connectivity index is 2.24. The molecule has 7 heteroatoms. The first-order valence-corrected chi connectivity index (χ1v) is 8.03. The van der Waals surface area contributed by atoms with Crippen molar-refractivity contribution in [2.75, 3.05) is 7.11 Å². The molecule has 23 heavy (non-hydrogen) atoms. The fraction of sp³-hybridized carbons (Fsp3) is 0.688. The molecule has 1 fully saturated rings. The van der Waals surface area contributed by atoms with Crippen molar-refractivity contribution in [3.63, 3.8) is 0 Å². The lowest BCUT2D eigenvalue weighted by Gasteiger charge is -2.32. The second-order valence-corrected chi connectivity index (χ2v) is 6.50. The van der Waals surface area contributed by atoms with Crippen LogP contribution in [0, 0.1) is 12.8 Å². The van der Waals surface area contributed by atoms with Gasteiger partial charge in [0.1, 0.15) is 11.9 Å². The van der Waals surface area contributed by atoms with Crippen LogP contribution in [0.25, 0.3) is 0 Å². The van der Waals surface area contributed by atoms with E-state index in [4.69, 9.17) is 0 Å². The number of aromatic nitrogens is 2. The van der Waals surface area contributed by atoms with Crippen molar-refractivity contribution in [3.05, 3.63) is 17.7 Å². The molecule has 2 heterocycles. The molecule has 2 N–H and O–H groups in total. The van der Waals surface area contributed by atoms with Gasteiger partial charge >= 0.3 is 6.09 Å². The van der Waals surface area contributed by atoms with Crippen LogP contribution in [0.4, 0.5) is 4.79 Å². The molecule has 1 aromatic heterocycles. The summed E-state index contributed by atoms with van der Waals surface area (Å²) >= 11 is 0. The van der Waals surface area contributed by atoms with Gasteiger partial charge in [0, 0.05) is 17.9 Å². The highest BCUT2D eigenvalue weighted by atomic mass is 16.5. The van der Waals surface area contributed by atoms with Crippen molar-refractivity contribution in [2.45, 2.75) is 58.7 Å². The maximum Gasteiger partial charge on any atom is 0.407 e. The quantitative estimate of drug-likeness (QED) is 0.889. The van der Waals surface area contributed by atoms with Crippen LogP contribution >= 0.6 is 0 Å². The first-order chi connectivity index (χ1) is 10.8. The summed E-state index contributed by atoms with van der Waals surface area (Å²) in [6.07, 6.45) is 2.96. The zero-order chi connectivity index (χ0) is 17.1. The minimum atomic E-state index is -0.610. The van der Waals surface area contributed by atoms with Gasteiger partial charge in [-0.15, -0.1) is 0 Å². The highest BCUT2D eigenvalue weighted by Gasteiger charge is 2.40. The number of carbonyl (C=O) groups excluding carboxylic acids is 2. The Kier molecular flexibility index (Phi) is 5.28. The van der Waals surface area contributed by atoms with E-state index in [0.29, 0.717) is 0 Å². The molecule has 1 aliphatic heterocycles. The van der Waals surface area contributed by atoms with E-state index in [1.165, 1.54) is 7.11 Å². The molecule has 0 unspecified atom stereocenters. The van der Waals surface area contributed by atoms with Crippen molar-refractivity contribution in [1.29, 1.82) is 0 Å². The lowest BCUT2D eigenvalue weighted by atomic mass is 10.0. The molecule has 2 rings (SSSR count). The first kappa shape index (κ1) is 17.3. The number of methoxy groups -OCH3 is 1. The average molecular weight is 322 g/mol. The monoisotopic (exact) mass is 322 g/mol. The second-order valence-electron chi connectivity index (χ2n) is 6.50. The highest BCUT2D eigenvalue weighted by molar-refractivity contribution is 5.86. The molecule has 0 saturated carbocycles. The van der Waals surface area contributed by atoms with Gasteiger partial charge in [-0.1, -0.05) is 13.8 Å². The minimum Gasteiger partial charge on any atom is -0.453 e. The summed E-state index contributed by atoms with van der Waals surface area (Å²) in [5.41, 5.74) is 0.972. The Morgan fingerprint density at radius 1 is 1.43 bits per heavy atom. The lowest BCUT2D eigenvalue weighted by molar-refractivity contribution is -0.137. The Labute approximate surface area is 136 Å². The topological polar surface area (TPSA) is 87.3 Å². The van der Waals surface area contributed by atoms with Gasteiger partial charge < -0.3 is 19.9 Å². The Morgan fingerprint density at radius 2 is 2.13 bits per heavy atom. The van der Waals surface area contributed by atoms with E-state index >= 15 is 0 Å². The normalized spacial score (nSPS) is 22.3. The predicted molar refractivity (Wildman–Crippen MR) is 85.8 cm³/mol. The standard InChI is InChI=1S/C16H26N4O3/c1-9(2)13(19-16(22)23-5)15(21)20-11(4)6-7-12(20)14-17-8-10(3)18-14/h8-9,11-13H,6-7H2,1-5H3,(H,17,18)(H,19,22)/t11-,12-,13-/m0/s1. The van der Waals surface area contributed by atoms with Crippen molar-refractivity contribution in [3.8, 4) is 0 Å². The molecule has 0 aromatic carbocycles. The number of nitrogens with zero attached hydrogens (tertiary/aromatic N) is 2. The number of rotatable bonds is 4. The molecule has 1 saturated heterocycles. The third kappa shape index (κ3) is 3.65. The summed E-state index contributed by atoms with van der Waals surface area (Å²) in [5.74, 6) is 0.684.